The zero-order valence-electron chi connectivity index (χ0n) is 12.3. The first-order valence-electron chi connectivity index (χ1n) is 7.51. The topological polar surface area (TPSA) is 35.6 Å². The lowest BCUT2D eigenvalue weighted by Crippen LogP contribution is -2.52. The van der Waals surface area contributed by atoms with Gasteiger partial charge in [0.05, 0.1) is 6.54 Å². The van der Waals surface area contributed by atoms with Gasteiger partial charge in [-0.05, 0) is 31.9 Å². The van der Waals surface area contributed by atoms with Crippen molar-refractivity contribution in [3.63, 3.8) is 0 Å². The molecule has 2 aliphatic rings. The third-order valence-corrected chi connectivity index (χ3v) is 4.29. The Bertz CT molecular complexity index is 502. The van der Waals surface area contributed by atoms with Crippen LogP contribution in [0.25, 0.3) is 0 Å². The molecule has 1 aromatic rings. The van der Waals surface area contributed by atoms with Crippen LogP contribution >= 0.6 is 0 Å². The summed E-state index contributed by atoms with van der Waals surface area (Å²) in [4.78, 5) is 16.9. The number of piperazine rings is 1. The normalized spacial score (nSPS) is 26.6. The summed E-state index contributed by atoms with van der Waals surface area (Å²) in [5.41, 5.74) is 2.40. The van der Waals surface area contributed by atoms with Crippen molar-refractivity contribution in [1.82, 2.24) is 10.2 Å². The number of hydrogen-bond donors (Lipinski definition) is 1. The Hall–Kier alpha value is -1.39. The second-order valence-electron chi connectivity index (χ2n) is 6.04. The van der Waals surface area contributed by atoms with Gasteiger partial charge in [-0.2, -0.15) is 0 Å². The molecule has 1 aromatic carbocycles. The van der Waals surface area contributed by atoms with Gasteiger partial charge in [0.15, 0.2) is 0 Å². The molecule has 0 spiro atoms. The molecule has 0 radical (unpaired) electrons. The molecule has 2 atom stereocenters. The predicted octanol–water partition coefficient (Wildman–Crippen LogP) is 1.26. The predicted molar refractivity (Wildman–Crippen MR) is 81.0 cm³/mol. The molecule has 1 fully saturated rings. The van der Waals surface area contributed by atoms with Crippen molar-refractivity contribution in [2.24, 2.45) is 0 Å². The molecule has 0 aromatic heterocycles. The number of carbonyl (C=O) groups is 1. The number of amides is 1. The van der Waals surface area contributed by atoms with Gasteiger partial charge >= 0.3 is 0 Å². The molecule has 4 nitrogen and oxygen atoms in total. The minimum absolute atomic E-state index is 0.233. The van der Waals surface area contributed by atoms with E-state index in [4.69, 9.17) is 0 Å². The molecule has 2 aliphatic heterocycles. The quantitative estimate of drug-likeness (QED) is 0.881. The lowest BCUT2D eigenvalue weighted by molar-refractivity contribution is -0.120. The number of nitrogens with zero attached hydrogens (tertiary/aromatic N) is 2. The SMILES string of the molecule is CC1Cc2ccccc2N1C(=O)CN1CCN[C@H](C)C1. The van der Waals surface area contributed by atoms with E-state index in [1.165, 1.54) is 5.56 Å². The number of carbonyl (C=O) groups excluding carboxylic acids is 1. The fraction of sp³-hybridized carbons (Fsp3) is 0.562. The second-order valence-corrected chi connectivity index (χ2v) is 6.04. The Balaban J connectivity index is 1.71. The summed E-state index contributed by atoms with van der Waals surface area (Å²) < 4.78 is 0. The third-order valence-electron chi connectivity index (χ3n) is 4.29. The standard InChI is InChI=1S/C16H23N3O/c1-12-10-18(8-7-17-12)11-16(20)19-13(2)9-14-5-3-4-6-15(14)19/h3-6,12-13,17H,7-11H2,1-2H3/t12-,13?/m1/s1. The molecular weight excluding hydrogens is 250 g/mol. The first kappa shape index (κ1) is 13.6. The van der Waals surface area contributed by atoms with E-state index in [0.717, 1.165) is 31.7 Å². The number of nitrogens with one attached hydrogen (secondary N) is 1. The molecule has 20 heavy (non-hydrogen) atoms. The number of fused-ring (bicyclic) bond motifs is 1. The van der Waals surface area contributed by atoms with E-state index in [1.54, 1.807) is 0 Å². The van der Waals surface area contributed by atoms with Gasteiger partial charge in [0, 0.05) is 37.4 Å². The van der Waals surface area contributed by atoms with Crippen LogP contribution in [-0.4, -0.2) is 49.1 Å². The van der Waals surface area contributed by atoms with E-state index in [1.807, 2.05) is 11.0 Å². The summed E-state index contributed by atoms with van der Waals surface area (Å²) in [5, 5.41) is 3.41. The lowest BCUT2D eigenvalue weighted by atomic mass is 10.1. The van der Waals surface area contributed by atoms with E-state index in [2.05, 4.69) is 42.3 Å². The summed E-state index contributed by atoms with van der Waals surface area (Å²) in [6, 6.07) is 9.02. The number of para-hydroxylation sites is 1. The Morgan fingerprint density at radius 1 is 1.35 bits per heavy atom. The maximum Gasteiger partial charge on any atom is 0.241 e. The summed E-state index contributed by atoms with van der Waals surface area (Å²) >= 11 is 0. The van der Waals surface area contributed by atoms with Crippen molar-refractivity contribution < 1.29 is 4.79 Å². The van der Waals surface area contributed by atoms with Crippen LogP contribution in [0.15, 0.2) is 24.3 Å². The van der Waals surface area contributed by atoms with Crippen LogP contribution in [0.2, 0.25) is 0 Å². The zero-order valence-corrected chi connectivity index (χ0v) is 12.3. The Morgan fingerprint density at radius 2 is 2.15 bits per heavy atom. The maximum atomic E-state index is 12.7. The van der Waals surface area contributed by atoms with Crippen LogP contribution in [-0.2, 0) is 11.2 Å². The minimum atomic E-state index is 0.233. The Labute approximate surface area is 120 Å². The first-order chi connectivity index (χ1) is 9.65. The van der Waals surface area contributed by atoms with Gasteiger partial charge in [0.1, 0.15) is 0 Å². The van der Waals surface area contributed by atoms with Gasteiger partial charge in [-0.25, -0.2) is 0 Å². The zero-order chi connectivity index (χ0) is 14.1. The molecule has 0 bridgehead atoms. The van der Waals surface area contributed by atoms with Crippen LogP contribution in [0.4, 0.5) is 5.69 Å². The van der Waals surface area contributed by atoms with Crippen LogP contribution < -0.4 is 10.2 Å². The maximum absolute atomic E-state index is 12.7. The number of hydrogen-bond acceptors (Lipinski definition) is 3. The van der Waals surface area contributed by atoms with Crippen molar-refractivity contribution in [3.8, 4) is 0 Å². The van der Waals surface area contributed by atoms with E-state index >= 15 is 0 Å². The van der Waals surface area contributed by atoms with Crippen molar-refractivity contribution in [3.05, 3.63) is 29.8 Å². The molecular formula is C16H23N3O. The second kappa shape index (κ2) is 5.54. The number of anilines is 1. The molecule has 4 heteroatoms. The highest BCUT2D eigenvalue weighted by atomic mass is 16.2. The monoisotopic (exact) mass is 273 g/mol. The lowest BCUT2D eigenvalue weighted by Gasteiger charge is -2.33. The smallest absolute Gasteiger partial charge is 0.241 e. The van der Waals surface area contributed by atoms with Crippen LogP contribution in [0.3, 0.4) is 0 Å². The molecule has 1 unspecified atom stereocenters. The van der Waals surface area contributed by atoms with Crippen molar-refractivity contribution in [1.29, 1.82) is 0 Å². The molecule has 1 N–H and O–H groups in total. The summed E-state index contributed by atoms with van der Waals surface area (Å²) in [7, 11) is 0. The van der Waals surface area contributed by atoms with Gasteiger partial charge in [-0.15, -0.1) is 0 Å². The van der Waals surface area contributed by atoms with Crippen LogP contribution in [0.1, 0.15) is 19.4 Å². The molecule has 1 amide bonds. The average Bonchev–Trinajstić information content (AvgIpc) is 2.74. The van der Waals surface area contributed by atoms with Gasteiger partial charge in [-0.3, -0.25) is 9.69 Å². The van der Waals surface area contributed by atoms with Gasteiger partial charge in [0.2, 0.25) is 5.91 Å². The van der Waals surface area contributed by atoms with Crippen molar-refractivity contribution >= 4 is 11.6 Å². The number of benzene rings is 1. The summed E-state index contributed by atoms with van der Waals surface area (Å²) in [5.74, 6) is 0.233. The van der Waals surface area contributed by atoms with E-state index in [0.29, 0.717) is 12.6 Å². The van der Waals surface area contributed by atoms with Gasteiger partial charge in [-0.1, -0.05) is 18.2 Å². The highest BCUT2D eigenvalue weighted by Gasteiger charge is 2.31. The minimum Gasteiger partial charge on any atom is -0.312 e. The average molecular weight is 273 g/mol. The van der Waals surface area contributed by atoms with Crippen LogP contribution in [0.5, 0.6) is 0 Å². The molecule has 2 heterocycles. The fourth-order valence-corrected chi connectivity index (χ4v) is 3.37. The van der Waals surface area contributed by atoms with Crippen LogP contribution in [0, 0.1) is 0 Å². The first-order valence-corrected chi connectivity index (χ1v) is 7.51. The Kier molecular flexibility index (Phi) is 3.76. The van der Waals surface area contributed by atoms with Gasteiger partial charge < -0.3 is 10.2 Å². The third kappa shape index (κ3) is 2.58. The fourth-order valence-electron chi connectivity index (χ4n) is 3.37. The highest BCUT2D eigenvalue weighted by Crippen LogP contribution is 2.31. The summed E-state index contributed by atoms with van der Waals surface area (Å²) in [6.45, 7) is 7.73. The molecule has 1 saturated heterocycles. The van der Waals surface area contributed by atoms with Gasteiger partial charge in [0.25, 0.3) is 0 Å². The van der Waals surface area contributed by atoms with E-state index < -0.39 is 0 Å². The number of rotatable bonds is 2. The summed E-state index contributed by atoms with van der Waals surface area (Å²) in [6.07, 6.45) is 0.972. The molecule has 3 rings (SSSR count). The van der Waals surface area contributed by atoms with Crippen molar-refractivity contribution in [2.75, 3.05) is 31.1 Å². The molecule has 108 valence electrons. The largest absolute Gasteiger partial charge is 0.312 e. The molecule has 0 aliphatic carbocycles. The highest BCUT2D eigenvalue weighted by molar-refractivity contribution is 5.97. The Morgan fingerprint density at radius 3 is 2.95 bits per heavy atom. The van der Waals surface area contributed by atoms with Crippen molar-refractivity contribution in [2.45, 2.75) is 32.4 Å². The van der Waals surface area contributed by atoms with E-state index in [-0.39, 0.29) is 11.9 Å². The van der Waals surface area contributed by atoms with E-state index in [9.17, 15) is 4.79 Å². The molecule has 0 saturated carbocycles.